The molecular weight excluding hydrogens is 328 g/mol. The molecule has 0 saturated heterocycles. The van der Waals surface area contributed by atoms with E-state index in [9.17, 15) is 4.79 Å². The van der Waals surface area contributed by atoms with E-state index in [1.807, 2.05) is 0 Å². The number of ketones is 1. The summed E-state index contributed by atoms with van der Waals surface area (Å²) in [5.41, 5.74) is 3.66. The monoisotopic (exact) mass is 362 g/mol. The fourth-order valence-electron chi connectivity index (χ4n) is 7.83. The third-order valence-corrected chi connectivity index (χ3v) is 9.25. The molecule has 4 aliphatic carbocycles. The van der Waals surface area contributed by atoms with E-state index < -0.39 is 0 Å². The van der Waals surface area contributed by atoms with Crippen molar-refractivity contribution >= 4 is 5.78 Å². The van der Waals surface area contributed by atoms with E-state index in [0.29, 0.717) is 17.1 Å². The van der Waals surface area contributed by atoms with Crippen molar-refractivity contribution in [1.82, 2.24) is 0 Å². The van der Waals surface area contributed by atoms with Gasteiger partial charge in [-0.15, -0.1) is 0 Å². The summed E-state index contributed by atoms with van der Waals surface area (Å²) in [6, 6.07) is 11.1. The van der Waals surface area contributed by atoms with Crippen LogP contribution in [0, 0.1) is 34.5 Å². The molecule has 1 nitrogen and oxygen atoms in total. The molecule has 0 spiro atoms. The van der Waals surface area contributed by atoms with Crippen LogP contribution in [-0.4, -0.2) is 5.78 Å². The first-order valence-electron chi connectivity index (χ1n) is 11.3. The van der Waals surface area contributed by atoms with Crippen LogP contribution in [0.1, 0.15) is 70.8 Å². The molecule has 6 atom stereocenters. The maximum absolute atomic E-state index is 12.6. The largest absolute Gasteiger partial charge is 0.299 e. The van der Waals surface area contributed by atoms with E-state index in [1.54, 1.807) is 5.57 Å². The Balaban J connectivity index is 1.46. The Morgan fingerprint density at radius 1 is 0.963 bits per heavy atom. The van der Waals surface area contributed by atoms with Crippen molar-refractivity contribution in [2.75, 3.05) is 0 Å². The van der Waals surface area contributed by atoms with Gasteiger partial charge in [0.1, 0.15) is 5.78 Å². The molecule has 0 heterocycles. The normalized spacial score (nSPS) is 43.5. The molecule has 0 N–H and O–H groups in total. The first-order valence-corrected chi connectivity index (χ1v) is 11.3. The zero-order valence-electron chi connectivity index (χ0n) is 17.0. The predicted molar refractivity (Wildman–Crippen MR) is 110 cm³/mol. The van der Waals surface area contributed by atoms with Crippen LogP contribution in [0.4, 0.5) is 0 Å². The van der Waals surface area contributed by atoms with Gasteiger partial charge in [0.25, 0.3) is 0 Å². The van der Waals surface area contributed by atoms with Gasteiger partial charge >= 0.3 is 0 Å². The number of fused-ring (bicyclic) bond motifs is 5. The zero-order valence-corrected chi connectivity index (χ0v) is 17.0. The van der Waals surface area contributed by atoms with Gasteiger partial charge in [0.15, 0.2) is 0 Å². The number of hydrogen-bond donors (Lipinski definition) is 0. The van der Waals surface area contributed by atoms with E-state index in [-0.39, 0.29) is 5.41 Å². The molecule has 3 fully saturated rings. The Hall–Kier alpha value is -1.37. The summed E-state index contributed by atoms with van der Waals surface area (Å²) in [4.78, 5) is 12.6. The average Bonchev–Trinajstić information content (AvgIpc) is 2.97. The first kappa shape index (κ1) is 17.7. The smallest absolute Gasteiger partial charge is 0.139 e. The Morgan fingerprint density at radius 3 is 2.56 bits per heavy atom. The van der Waals surface area contributed by atoms with Crippen molar-refractivity contribution in [2.45, 2.75) is 71.6 Å². The zero-order chi connectivity index (χ0) is 18.6. The highest BCUT2D eigenvalue weighted by molar-refractivity contribution is 5.87. The lowest BCUT2D eigenvalue weighted by molar-refractivity contribution is -0.131. The molecule has 27 heavy (non-hydrogen) atoms. The summed E-state index contributed by atoms with van der Waals surface area (Å²) in [5.74, 6) is 3.49. The van der Waals surface area contributed by atoms with Crippen LogP contribution >= 0.6 is 0 Å². The predicted octanol–water partition coefficient (Wildman–Crippen LogP) is 6.38. The molecule has 1 aromatic carbocycles. The number of carbonyl (C=O) groups is 1. The van der Waals surface area contributed by atoms with E-state index in [1.165, 1.54) is 44.1 Å². The first-order chi connectivity index (χ1) is 13.0. The Bertz CT molecular complexity index is 762. The minimum atomic E-state index is 0.000969. The van der Waals surface area contributed by atoms with Crippen molar-refractivity contribution in [2.24, 2.45) is 34.5 Å². The van der Waals surface area contributed by atoms with Crippen molar-refractivity contribution in [3.05, 3.63) is 47.5 Å². The second-order valence-electron chi connectivity index (χ2n) is 10.4. The molecule has 1 heteroatoms. The van der Waals surface area contributed by atoms with Crippen LogP contribution in [-0.2, 0) is 11.2 Å². The van der Waals surface area contributed by atoms with Crippen LogP contribution < -0.4 is 0 Å². The number of rotatable bonds is 2. The molecule has 0 aliphatic heterocycles. The van der Waals surface area contributed by atoms with Crippen molar-refractivity contribution in [1.29, 1.82) is 0 Å². The highest BCUT2D eigenvalue weighted by atomic mass is 16.1. The Labute approximate surface area is 164 Å². The number of allylic oxidation sites excluding steroid dienone is 2. The number of carbonyl (C=O) groups excluding carboxylic acids is 1. The van der Waals surface area contributed by atoms with E-state index >= 15 is 0 Å². The van der Waals surface area contributed by atoms with Gasteiger partial charge in [-0.25, -0.2) is 0 Å². The van der Waals surface area contributed by atoms with E-state index in [0.717, 1.165) is 37.0 Å². The molecule has 1 aromatic rings. The maximum Gasteiger partial charge on any atom is 0.139 e. The van der Waals surface area contributed by atoms with Gasteiger partial charge in [-0.05, 0) is 79.6 Å². The standard InChI is InChI=1S/C26H34O/c1-25-15-6-9-19(17-18-7-4-3-5-8-18)21(25)11-10-20-22-12-13-24(27)26(22,2)16-14-23(20)25/h3-5,7-8,11,19-20,22-23H,6,9-10,12-17H2,1-2H3/t19?,20-,22-,23-,25-,26-/m0/s1. The molecule has 3 saturated carbocycles. The number of benzene rings is 1. The van der Waals surface area contributed by atoms with Crippen molar-refractivity contribution in [3.63, 3.8) is 0 Å². The molecule has 5 rings (SSSR count). The maximum atomic E-state index is 12.6. The summed E-state index contributed by atoms with van der Waals surface area (Å²) in [6.07, 6.45) is 13.6. The van der Waals surface area contributed by atoms with Crippen molar-refractivity contribution < 1.29 is 4.79 Å². The lowest BCUT2D eigenvalue weighted by atomic mass is 9.47. The number of hydrogen-bond acceptors (Lipinski definition) is 1. The van der Waals surface area contributed by atoms with Crippen LogP contribution in [0.25, 0.3) is 0 Å². The molecule has 0 radical (unpaired) electrons. The third-order valence-electron chi connectivity index (χ3n) is 9.25. The topological polar surface area (TPSA) is 17.1 Å². The summed E-state index contributed by atoms with van der Waals surface area (Å²) < 4.78 is 0. The highest BCUT2D eigenvalue weighted by Gasteiger charge is 2.58. The minimum absolute atomic E-state index is 0.000969. The molecular formula is C26H34O. The molecule has 4 aliphatic rings. The Kier molecular flexibility index (Phi) is 4.15. The second-order valence-corrected chi connectivity index (χ2v) is 10.4. The summed E-state index contributed by atoms with van der Waals surface area (Å²) in [5, 5.41) is 0. The minimum Gasteiger partial charge on any atom is -0.299 e. The molecule has 144 valence electrons. The summed E-state index contributed by atoms with van der Waals surface area (Å²) >= 11 is 0. The van der Waals surface area contributed by atoms with Gasteiger partial charge in [-0.2, -0.15) is 0 Å². The fourth-order valence-corrected chi connectivity index (χ4v) is 7.83. The van der Waals surface area contributed by atoms with Gasteiger partial charge in [0, 0.05) is 11.8 Å². The van der Waals surface area contributed by atoms with E-state index in [2.05, 4.69) is 50.3 Å². The van der Waals surface area contributed by atoms with Crippen LogP contribution in [0.5, 0.6) is 0 Å². The van der Waals surface area contributed by atoms with Crippen LogP contribution in [0.2, 0.25) is 0 Å². The molecule has 0 aromatic heterocycles. The molecule has 0 bridgehead atoms. The van der Waals surface area contributed by atoms with Crippen molar-refractivity contribution in [3.8, 4) is 0 Å². The molecule has 1 unspecified atom stereocenters. The van der Waals surface area contributed by atoms with Gasteiger partial charge < -0.3 is 0 Å². The fraction of sp³-hybridized carbons (Fsp3) is 0.654. The molecule has 0 amide bonds. The SMILES string of the molecule is C[C@]12CCCC(Cc3ccccc3)C1=CC[C@@H]1[C@@H]2CC[C@]2(C)C(=O)CC[C@@H]12. The second kappa shape index (κ2) is 6.33. The quantitative estimate of drug-likeness (QED) is 0.558. The summed E-state index contributed by atoms with van der Waals surface area (Å²) in [6.45, 7) is 4.89. The highest BCUT2D eigenvalue weighted by Crippen LogP contribution is 2.64. The van der Waals surface area contributed by atoms with Crippen LogP contribution in [0.3, 0.4) is 0 Å². The third kappa shape index (κ3) is 2.60. The van der Waals surface area contributed by atoms with Gasteiger partial charge in [0.2, 0.25) is 0 Å². The average molecular weight is 363 g/mol. The van der Waals surface area contributed by atoms with Gasteiger partial charge in [-0.1, -0.05) is 62.2 Å². The van der Waals surface area contributed by atoms with E-state index in [4.69, 9.17) is 0 Å². The number of Topliss-reactive ketones (excluding diaryl/α,β-unsaturated/α-hetero) is 1. The van der Waals surface area contributed by atoms with Gasteiger partial charge in [0.05, 0.1) is 0 Å². The lowest BCUT2D eigenvalue weighted by Crippen LogP contribution is -2.50. The van der Waals surface area contributed by atoms with Crippen LogP contribution in [0.15, 0.2) is 42.0 Å². The summed E-state index contributed by atoms with van der Waals surface area (Å²) in [7, 11) is 0. The van der Waals surface area contributed by atoms with Gasteiger partial charge in [-0.3, -0.25) is 4.79 Å². The lowest BCUT2D eigenvalue weighted by Gasteiger charge is -2.57. The Morgan fingerprint density at radius 2 is 1.74 bits per heavy atom.